The molecule has 5 heteroatoms. The topological polar surface area (TPSA) is 72.6 Å². The van der Waals surface area contributed by atoms with Crippen molar-refractivity contribution in [1.82, 2.24) is 5.16 Å². The summed E-state index contributed by atoms with van der Waals surface area (Å²) in [4.78, 5) is 10.8. The second-order valence-electron chi connectivity index (χ2n) is 4.68. The number of aromatic nitrogens is 1. The van der Waals surface area contributed by atoms with Gasteiger partial charge in [0.25, 0.3) is 0 Å². The molecule has 5 nitrogen and oxygen atoms in total. The minimum Gasteiger partial charge on any atom is -0.476 e. The first-order valence-electron chi connectivity index (χ1n) is 5.80. The van der Waals surface area contributed by atoms with Gasteiger partial charge in [0, 0.05) is 18.7 Å². The maximum atomic E-state index is 10.8. The Labute approximate surface area is 110 Å². The number of carboxylic acids is 1. The molecule has 0 amide bonds. The van der Waals surface area contributed by atoms with Gasteiger partial charge >= 0.3 is 5.97 Å². The minimum atomic E-state index is -1.11. The Morgan fingerprint density at radius 1 is 1.37 bits per heavy atom. The predicted octanol–water partition coefficient (Wildman–Crippen LogP) is 2.92. The molecule has 1 heterocycles. The van der Waals surface area contributed by atoms with Crippen molar-refractivity contribution in [1.29, 1.82) is 0 Å². The van der Waals surface area contributed by atoms with Gasteiger partial charge in [0.1, 0.15) is 0 Å². The van der Waals surface area contributed by atoms with Crippen LogP contribution in [0.25, 0.3) is 11.3 Å². The number of methoxy groups -OCH3 is 1. The Bertz CT molecular complexity index is 601. The maximum Gasteiger partial charge on any atom is 0.358 e. The van der Waals surface area contributed by atoms with Gasteiger partial charge in [-0.25, -0.2) is 4.79 Å². The smallest absolute Gasteiger partial charge is 0.358 e. The van der Waals surface area contributed by atoms with E-state index in [1.807, 2.05) is 38.1 Å². The van der Waals surface area contributed by atoms with Gasteiger partial charge in [-0.15, -0.1) is 0 Å². The average molecular weight is 261 g/mol. The molecule has 1 aromatic heterocycles. The first-order valence-corrected chi connectivity index (χ1v) is 5.80. The zero-order chi connectivity index (χ0) is 14.0. The van der Waals surface area contributed by atoms with Crippen LogP contribution in [0.5, 0.6) is 0 Å². The SMILES string of the molecule is COC(C)(C)c1cccc(-c2cc(C(=O)O)no2)c1. The molecule has 0 aliphatic carbocycles. The van der Waals surface area contributed by atoms with Gasteiger partial charge in [0.05, 0.1) is 5.60 Å². The van der Waals surface area contributed by atoms with Crippen LogP contribution in [0.3, 0.4) is 0 Å². The number of aromatic carboxylic acids is 1. The minimum absolute atomic E-state index is 0.105. The summed E-state index contributed by atoms with van der Waals surface area (Å²) in [6.07, 6.45) is 0. The molecule has 0 saturated carbocycles. The van der Waals surface area contributed by atoms with Gasteiger partial charge in [0.2, 0.25) is 0 Å². The van der Waals surface area contributed by atoms with Crippen LogP contribution in [-0.4, -0.2) is 23.3 Å². The molecule has 1 aromatic carbocycles. The fraction of sp³-hybridized carbons (Fsp3) is 0.286. The number of carboxylic acid groups (broad SMARTS) is 1. The lowest BCUT2D eigenvalue weighted by molar-refractivity contribution is 0.0192. The highest BCUT2D eigenvalue weighted by molar-refractivity contribution is 5.86. The Kier molecular flexibility index (Phi) is 3.40. The molecule has 1 N–H and O–H groups in total. The van der Waals surface area contributed by atoms with E-state index in [-0.39, 0.29) is 5.69 Å². The normalized spacial score (nSPS) is 11.5. The lowest BCUT2D eigenvalue weighted by atomic mass is 9.95. The molecule has 0 saturated heterocycles. The second-order valence-corrected chi connectivity index (χ2v) is 4.68. The fourth-order valence-electron chi connectivity index (χ4n) is 1.68. The van der Waals surface area contributed by atoms with E-state index in [0.717, 1.165) is 11.1 Å². The highest BCUT2D eigenvalue weighted by Gasteiger charge is 2.20. The Morgan fingerprint density at radius 3 is 2.68 bits per heavy atom. The summed E-state index contributed by atoms with van der Waals surface area (Å²) < 4.78 is 10.5. The van der Waals surface area contributed by atoms with Crippen LogP contribution in [-0.2, 0) is 10.3 Å². The maximum absolute atomic E-state index is 10.8. The summed E-state index contributed by atoms with van der Waals surface area (Å²) >= 11 is 0. The third kappa shape index (κ3) is 2.66. The number of nitrogens with zero attached hydrogens (tertiary/aromatic N) is 1. The van der Waals surface area contributed by atoms with Crippen LogP contribution in [0.4, 0.5) is 0 Å². The third-order valence-corrected chi connectivity index (χ3v) is 3.08. The van der Waals surface area contributed by atoms with Gasteiger partial charge in [-0.1, -0.05) is 23.4 Å². The van der Waals surface area contributed by atoms with Crippen LogP contribution in [0.1, 0.15) is 29.9 Å². The van der Waals surface area contributed by atoms with Crippen LogP contribution in [0, 0.1) is 0 Å². The van der Waals surface area contributed by atoms with E-state index >= 15 is 0 Å². The van der Waals surface area contributed by atoms with E-state index in [9.17, 15) is 4.79 Å². The van der Waals surface area contributed by atoms with Crippen molar-refractivity contribution in [3.05, 3.63) is 41.6 Å². The van der Waals surface area contributed by atoms with Crippen LogP contribution < -0.4 is 0 Å². The fourth-order valence-corrected chi connectivity index (χ4v) is 1.68. The Balaban J connectivity index is 2.40. The standard InChI is InChI=1S/C14H15NO4/c1-14(2,18-3)10-6-4-5-9(7-10)12-8-11(13(16)17)15-19-12/h4-8H,1-3H3,(H,16,17). The summed E-state index contributed by atoms with van der Waals surface area (Å²) in [7, 11) is 1.64. The lowest BCUT2D eigenvalue weighted by Gasteiger charge is -2.23. The van der Waals surface area contributed by atoms with Crippen LogP contribution in [0.15, 0.2) is 34.9 Å². The molecule has 0 fully saturated rings. The Hall–Kier alpha value is -2.14. The summed E-state index contributed by atoms with van der Waals surface area (Å²) in [6, 6.07) is 8.95. The van der Waals surface area contributed by atoms with Crippen LogP contribution >= 0.6 is 0 Å². The van der Waals surface area contributed by atoms with Gasteiger partial charge in [-0.3, -0.25) is 0 Å². The summed E-state index contributed by atoms with van der Waals surface area (Å²) in [5.74, 6) is -0.686. The van der Waals surface area contributed by atoms with E-state index in [2.05, 4.69) is 5.16 Å². The molecule has 19 heavy (non-hydrogen) atoms. The largest absolute Gasteiger partial charge is 0.476 e. The third-order valence-electron chi connectivity index (χ3n) is 3.08. The van der Waals surface area contributed by atoms with E-state index < -0.39 is 11.6 Å². The van der Waals surface area contributed by atoms with E-state index in [4.69, 9.17) is 14.4 Å². The monoisotopic (exact) mass is 261 g/mol. The summed E-state index contributed by atoms with van der Waals surface area (Å²) in [5, 5.41) is 12.3. The van der Waals surface area contributed by atoms with Gasteiger partial charge in [0.15, 0.2) is 11.5 Å². The number of ether oxygens (including phenoxy) is 1. The van der Waals surface area contributed by atoms with Crippen molar-refractivity contribution in [2.45, 2.75) is 19.4 Å². The van der Waals surface area contributed by atoms with Crippen molar-refractivity contribution in [3.8, 4) is 11.3 Å². The molecular weight excluding hydrogens is 246 g/mol. The van der Waals surface area contributed by atoms with Gasteiger partial charge in [-0.05, 0) is 25.5 Å². The first kappa shape index (κ1) is 13.3. The van der Waals surface area contributed by atoms with E-state index in [0.29, 0.717) is 5.76 Å². The van der Waals surface area contributed by atoms with Crippen molar-refractivity contribution in [2.75, 3.05) is 7.11 Å². The zero-order valence-corrected chi connectivity index (χ0v) is 11.0. The number of benzene rings is 1. The molecule has 0 aliphatic heterocycles. The van der Waals surface area contributed by atoms with E-state index in [1.54, 1.807) is 7.11 Å². The van der Waals surface area contributed by atoms with Crippen molar-refractivity contribution >= 4 is 5.97 Å². The molecule has 2 aromatic rings. The highest BCUT2D eigenvalue weighted by Crippen LogP contribution is 2.28. The molecule has 0 bridgehead atoms. The summed E-state index contributed by atoms with van der Waals surface area (Å²) in [5.41, 5.74) is 1.21. The Morgan fingerprint density at radius 2 is 2.11 bits per heavy atom. The number of hydrogen-bond donors (Lipinski definition) is 1. The second kappa shape index (κ2) is 4.85. The summed E-state index contributed by atoms with van der Waals surface area (Å²) in [6.45, 7) is 3.91. The van der Waals surface area contributed by atoms with E-state index in [1.165, 1.54) is 6.07 Å². The average Bonchev–Trinajstić information content (AvgIpc) is 2.89. The molecule has 0 atom stereocenters. The van der Waals surface area contributed by atoms with Crippen molar-refractivity contribution in [2.24, 2.45) is 0 Å². The van der Waals surface area contributed by atoms with Crippen molar-refractivity contribution < 1.29 is 19.2 Å². The number of hydrogen-bond acceptors (Lipinski definition) is 4. The lowest BCUT2D eigenvalue weighted by Crippen LogP contribution is -2.19. The molecule has 0 radical (unpaired) electrons. The highest BCUT2D eigenvalue weighted by atomic mass is 16.5. The molecular formula is C14H15NO4. The predicted molar refractivity (Wildman–Crippen MR) is 68.9 cm³/mol. The van der Waals surface area contributed by atoms with Gasteiger partial charge in [-0.2, -0.15) is 0 Å². The number of rotatable bonds is 4. The molecule has 0 aliphatic rings. The molecule has 0 spiro atoms. The molecule has 2 rings (SSSR count). The quantitative estimate of drug-likeness (QED) is 0.916. The molecule has 0 unspecified atom stereocenters. The first-order chi connectivity index (χ1) is 8.94. The number of carbonyl (C=O) groups is 1. The molecule has 100 valence electrons. The van der Waals surface area contributed by atoms with Gasteiger partial charge < -0.3 is 14.4 Å². The zero-order valence-electron chi connectivity index (χ0n) is 11.0. The van der Waals surface area contributed by atoms with Crippen LogP contribution in [0.2, 0.25) is 0 Å². The van der Waals surface area contributed by atoms with Crippen molar-refractivity contribution in [3.63, 3.8) is 0 Å².